The van der Waals surface area contributed by atoms with E-state index in [9.17, 15) is 9.59 Å². The maximum Gasteiger partial charge on any atom is 0.305 e. The molecule has 1 unspecified atom stereocenters. The average molecular weight is 237 g/mol. The summed E-state index contributed by atoms with van der Waals surface area (Å²) < 4.78 is 5.10. The van der Waals surface area contributed by atoms with Crippen LogP contribution in [-0.2, 0) is 4.79 Å². The van der Waals surface area contributed by atoms with Gasteiger partial charge in [-0.3, -0.25) is 9.59 Å². The number of carboxylic acid groups (broad SMARTS) is 1. The Morgan fingerprint density at radius 3 is 2.94 bits per heavy atom. The highest BCUT2D eigenvalue weighted by Gasteiger charge is 2.31. The first kappa shape index (κ1) is 11.7. The quantitative estimate of drug-likeness (QED) is 0.868. The lowest BCUT2D eigenvalue weighted by molar-refractivity contribution is -0.137. The van der Waals surface area contributed by atoms with Crippen LogP contribution in [0.25, 0.3) is 0 Å². The van der Waals surface area contributed by atoms with Gasteiger partial charge in [-0.2, -0.15) is 0 Å². The minimum absolute atomic E-state index is 0.0164. The van der Waals surface area contributed by atoms with Crippen LogP contribution in [-0.4, -0.2) is 34.5 Å². The number of carboxylic acids is 1. The van der Waals surface area contributed by atoms with E-state index in [2.05, 4.69) is 0 Å². The number of nitrogens with zero attached hydrogens (tertiary/aromatic N) is 1. The predicted octanol–water partition coefficient (Wildman–Crippen LogP) is 1.67. The molecule has 0 aliphatic carbocycles. The van der Waals surface area contributed by atoms with Crippen LogP contribution in [0.3, 0.4) is 0 Å². The Labute approximate surface area is 99.0 Å². The van der Waals surface area contributed by atoms with Gasteiger partial charge in [-0.25, -0.2) is 0 Å². The summed E-state index contributed by atoms with van der Waals surface area (Å²) in [6, 6.07) is 1.49. The van der Waals surface area contributed by atoms with Crippen LogP contribution in [0.15, 0.2) is 16.7 Å². The van der Waals surface area contributed by atoms with Gasteiger partial charge in [0, 0.05) is 12.6 Å². The van der Waals surface area contributed by atoms with Crippen LogP contribution in [0.2, 0.25) is 0 Å². The molecule has 1 aliphatic heterocycles. The van der Waals surface area contributed by atoms with E-state index >= 15 is 0 Å². The van der Waals surface area contributed by atoms with Gasteiger partial charge in [0.15, 0.2) is 0 Å². The smallest absolute Gasteiger partial charge is 0.305 e. The van der Waals surface area contributed by atoms with Gasteiger partial charge in [0.2, 0.25) is 0 Å². The number of likely N-dealkylation sites (tertiary alicyclic amines) is 1. The number of hydrogen-bond donors (Lipinski definition) is 1. The van der Waals surface area contributed by atoms with Gasteiger partial charge in [-0.05, 0) is 25.8 Å². The van der Waals surface area contributed by atoms with Crippen LogP contribution in [0, 0.1) is 6.92 Å². The lowest BCUT2D eigenvalue weighted by Crippen LogP contribution is -2.36. The molecular weight excluding hydrogens is 222 g/mol. The van der Waals surface area contributed by atoms with Crippen molar-refractivity contribution >= 4 is 11.9 Å². The summed E-state index contributed by atoms with van der Waals surface area (Å²) in [7, 11) is 0. The third-order valence-corrected chi connectivity index (χ3v) is 3.03. The molecule has 5 heteroatoms. The minimum Gasteiger partial charge on any atom is -0.481 e. The van der Waals surface area contributed by atoms with E-state index in [4.69, 9.17) is 9.52 Å². The normalized spacial score (nSPS) is 19.6. The van der Waals surface area contributed by atoms with Gasteiger partial charge in [-0.15, -0.1) is 0 Å². The van der Waals surface area contributed by atoms with E-state index in [0.717, 1.165) is 12.8 Å². The average Bonchev–Trinajstić information content (AvgIpc) is 2.85. The first-order valence-electron chi connectivity index (χ1n) is 5.66. The van der Waals surface area contributed by atoms with Gasteiger partial charge >= 0.3 is 5.97 Å². The molecule has 2 heterocycles. The number of hydrogen-bond acceptors (Lipinski definition) is 3. The van der Waals surface area contributed by atoms with Crippen molar-refractivity contribution in [2.45, 2.75) is 32.2 Å². The Morgan fingerprint density at radius 1 is 1.59 bits per heavy atom. The fourth-order valence-electron chi connectivity index (χ4n) is 2.24. The van der Waals surface area contributed by atoms with Crippen LogP contribution < -0.4 is 0 Å². The van der Waals surface area contributed by atoms with Gasteiger partial charge in [0.05, 0.1) is 12.0 Å². The maximum absolute atomic E-state index is 12.1. The Hall–Kier alpha value is -1.78. The molecule has 0 spiro atoms. The van der Waals surface area contributed by atoms with E-state index in [-0.39, 0.29) is 18.4 Å². The van der Waals surface area contributed by atoms with Crippen LogP contribution >= 0.6 is 0 Å². The molecule has 1 aromatic heterocycles. The largest absolute Gasteiger partial charge is 0.481 e. The molecule has 1 aromatic rings. The monoisotopic (exact) mass is 237 g/mol. The van der Waals surface area contributed by atoms with Crippen LogP contribution in [0.1, 0.15) is 35.4 Å². The van der Waals surface area contributed by atoms with E-state index in [0.29, 0.717) is 17.9 Å². The molecule has 1 amide bonds. The zero-order valence-corrected chi connectivity index (χ0v) is 9.68. The second-order valence-corrected chi connectivity index (χ2v) is 4.34. The third-order valence-electron chi connectivity index (χ3n) is 3.03. The summed E-state index contributed by atoms with van der Waals surface area (Å²) in [5.41, 5.74) is 0.500. The van der Waals surface area contributed by atoms with Crippen molar-refractivity contribution < 1.29 is 19.1 Å². The maximum atomic E-state index is 12.1. The lowest BCUT2D eigenvalue weighted by atomic mass is 10.1. The number of furan rings is 1. The highest BCUT2D eigenvalue weighted by Crippen LogP contribution is 2.23. The van der Waals surface area contributed by atoms with Crippen molar-refractivity contribution in [3.8, 4) is 0 Å². The van der Waals surface area contributed by atoms with Crippen LogP contribution in [0.4, 0.5) is 0 Å². The minimum atomic E-state index is -0.863. The van der Waals surface area contributed by atoms with Crippen molar-refractivity contribution in [1.82, 2.24) is 4.90 Å². The summed E-state index contributed by atoms with van der Waals surface area (Å²) in [6.07, 6.45) is 3.06. The summed E-state index contributed by atoms with van der Waals surface area (Å²) in [5, 5.41) is 8.79. The zero-order valence-electron chi connectivity index (χ0n) is 9.68. The number of amides is 1. The molecule has 0 aromatic carbocycles. The standard InChI is InChI=1S/C12H15NO4/c1-8-5-9(7-17-8)12(16)13-4-2-3-10(13)6-11(14)15/h5,7,10H,2-4,6H2,1H3,(H,14,15). The first-order valence-corrected chi connectivity index (χ1v) is 5.66. The molecule has 92 valence electrons. The topological polar surface area (TPSA) is 70.8 Å². The second-order valence-electron chi connectivity index (χ2n) is 4.34. The van der Waals surface area contributed by atoms with Gasteiger partial charge < -0.3 is 14.4 Å². The molecule has 1 saturated heterocycles. The number of carbonyl (C=O) groups is 2. The zero-order chi connectivity index (χ0) is 12.4. The van der Waals surface area contributed by atoms with Crippen molar-refractivity contribution in [3.63, 3.8) is 0 Å². The fourth-order valence-corrected chi connectivity index (χ4v) is 2.24. The van der Waals surface area contributed by atoms with Crippen molar-refractivity contribution in [1.29, 1.82) is 0 Å². The molecular formula is C12H15NO4. The molecule has 0 bridgehead atoms. The summed E-state index contributed by atoms with van der Waals surface area (Å²) in [4.78, 5) is 24.5. The van der Waals surface area contributed by atoms with Gasteiger partial charge in [0.25, 0.3) is 5.91 Å². The number of aliphatic carboxylic acids is 1. The summed E-state index contributed by atoms with van der Waals surface area (Å²) in [5.74, 6) is -0.314. The van der Waals surface area contributed by atoms with E-state index < -0.39 is 5.97 Å². The third kappa shape index (κ3) is 2.49. The van der Waals surface area contributed by atoms with E-state index in [1.54, 1.807) is 17.9 Å². The summed E-state index contributed by atoms with van der Waals surface area (Å²) >= 11 is 0. The summed E-state index contributed by atoms with van der Waals surface area (Å²) in [6.45, 7) is 2.40. The Kier molecular flexibility index (Phi) is 3.17. The molecule has 1 aliphatic rings. The Morgan fingerprint density at radius 2 is 2.35 bits per heavy atom. The van der Waals surface area contributed by atoms with Gasteiger partial charge in [-0.1, -0.05) is 0 Å². The second kappa shape index (κ2) is 4.61. The first-order chi connectivity index (χ1) is 8.08. The number of carbonyl (C=O) groups excluding carboxylic acids is 1. The van der Waals surface area contributed by atoms with Crippen molar-refractivity contribution in [2.75, 3.05) is 6.54 Å². The molecule has 0 radical (unpaired) electrons. The van der Waals surface area contributed by atoms with Crippen molar-refractivity contribution in [3.05, 3.63) is 23.7 Å². The molecule has 5 nitrogen and oxygen atoms in total. The van der Waals surface area contributed by atoms with E-state index in [1.165, 1.54) is 6.26 Å². The SMILES string of the molecule is Cc1cc(C(=O)N2CCCC2CC(=O)O)co1. The predicted molar refractivity (Wildman–Crippen MR) is 59.8 cm³/mol. The lowest BCUT2D eigenvalue weighted by Gasteiger charge is -2.22. The Balaban J connectivity index is 2.10. The molecule has 1 fully saturated rings. The Bertz CT molecular complexity index is 437. The highest BCUT2D eigenvalue weighted by molar-refractivity contribution is 5.94. The fraction of sp³-hybridized carbons (Fsp3) is 0.500. The molecule has 1 N–H and O–H groups in total. The molecule has 1 atom stereocenters. The molecule has 0 saturated carbocycles. The number of aryl methyl sites for hydroxylation is 1. The number of rotatable bonds is 3. The van der Waals surface area contributed by atoms with Crippen molar-refractivity contribution in [2.24, 2.45) is 0 Å². The molecule has 2 rings (SSSR count). The highest BCUT2D eigenvalue weighted by atomic mass is 16.4. The van der Waals surface area contributed by atoms with E-state index in [1.807, 2.05) is 0 Å². The molecule has 17 heavy (non-hydrogen) atoms. The van der Waals surface area contributed by atoms with Gasteiger partial charge in [0.1, 0.15) is 12.0 Å². The van der Waals surface area contributed by atoms with Crippen LogP contribution in [0.5, 0.6) is 0 Å².